The zero-order valence-electron chi connectivity index (χ0n) is 10.9. The second kappa shape index (κ2) is 6.21. The SMILES string of the molecule is CC(C)OCC(=O)N1CCCN(C)CC1C. The van der Waals surface area contributed by atoms with E-state index < -0.39 is 0 Å². The number of carbonyl (C=O) groups is 1. The van der Waals surface area contributed by atoms with E-state index in [1.807, 2.05) is 18.7 Å². The van der Waals surface area contributed by atoms with Gasteiger partial charge in [0.1, 0.15) is 6.61 Å². The first-order chi connectivity index (χ1) is 7.50. The minimum absolute atomic E-state index is 0.119. The number of hydrogen-bond donors (Lipinski definition) is 0. The highest BCUT2D eigenvalue weighted by atomic mass is 16.5. The lowest BCUT2D eigenvalue weighted by Crippen LogP contribution is -2.43. The maximum atomic E-state index is 12.0. The molecule has 0 spiro atoms. The van der Waals surface area contributed by atoms with Crippen molar-refractivity contribution in [3.8, 4) is 0 Å². The Morgan fingerprint density at radius 1 is 1.44 bits per heavy atom. The fourth-order valence-corrected chi connectivity index (χ4v) is 2.06. The zero-order chi connectivity index (χ0) is 12.1. The molecule has 0 aliphatic carbocycles. The molecule has 1 atom stereocenters. The molecule has 1 aliphatic rings. The van der Waals surface area contributed by atoms with Gasteiger partial charge in [-0.3, -0.25) is 4.79 Å². The summed E-state index contributed by atoms with van der Waals surface area (Å²) in [6, 6.07) is 0.288. The molecule has 0 aromatic carbocycles. The molecule has 1 amide bonds. The lowest BCUT2D eigenvalue weighted by molar-refractivity contribution is -0.139. The van der Waals surface area contributed by atoms with E-state index >= 15 is 0 Å². The minimum atomic E-state index is 0.119. The second-order valence-electron chi connectivity index (χ2n) is 4.91. The van der Waals surface area contributed by atoms with Crippen molar-refractivity contribution in [3.05, 3.63) is 0 Å². The van der Waals surface area contributed by atoms with Gasteiger partial charge in [-0.25, -0.2) is 0 Å². The normalized spacial score (nSPS) is 23.6. The molecular formula is C12H24N2O2. The molecular weight excluding hydrogens is 204 g/mol. The summed E-state index contributed by atoms with van der Waals surface area (Å²) in [5.41, 5.74) is 0. The number of rotatable bonds is 3. The molecule has 1 rings (SSSR count). The van der Waals surface area contributed by atoms with Gasteiger partial charge >= 0.3 is 0 Å². The van der Waals surface area contributed by atoms with Crippen LogP contribution in [0, 0.1) is 0 Å². The first kappa shape index (κ1) is 13.5. The average Bonchev–Trinajstić information content (AvgIpc) is 2.35. The highest BCUT2D eigenvalue weighted by molar-refractivity contribution is 5.77. The summed E-state index contributed by atoms with van der Waals surface area (Å²) in [5, 5.41) is 0. The molecule has 0 aromatic rings. The summed E-state index contributed by atoms with van der Waals surface area (Å²) in [6.45, 7) is 9.10. The van der Waals surface area contributed by atoms with E-state index in [2.05, 4.69) is 18.9 Å². The standard InChI is InChI=1S/C12H24N2O2/c1-10(2)16-9-12(15)14-7-5-6-13(4)8-11(14)3/h10-11H,5-9H2,1-4H3. The van der Waals surface area contributed by atoms with Crippen LogP contribution in [0.3, 0.4) is 0 Å². The second-order valence-corrected chi connectivity index (χ2v) is 4.91. The van der Waals surface area contributed by atoms with Gasteiger partial charge in [0.25, 0.3) is 0 Å². The molecule has 0 radical (unpaired) electrons. The van der Waals surface area contributed by atoms with Gasteiger partial charge in [0.15, 0.2) is 0 Å². The molecule has 0 saturated carbocycles. The van der Waals surface area contributed by atoms with Crippen LogP contribution in [0.1, 0.15) is 27.2 Å². The number of nitrogens with zero attached hydrogens (tertiary/aromatic N) is 2. The van der Waals surface area contributed by atoms with Crippen molar-refractivity contribution in [1.29, 1.82) is 0 Å². The van der Waals surface area contributed by atoms with Crippen molar-refractivity contribution in [1.82, 2.24) is 9.80 Å². The quantitative estimate of drug-likeness (QED) is 0.721. The van der Waals surface area contributed by atoms with E-state index in [1.165, 1.54) is 0 Å². The third-order valence-corrected chi connectivity index (χ3v) is 2.91. The molecule has 1 fully saturated rings. The van der Waals surface area contributed by atoms with Crippen LogP contribution >= 0.6 is 0 Å². The van der Waals surface area contributed by atoms with Gasteiger partial charge in [0, 0.05) is 19.1 Å². The van der Waals surface area contributed by atoms with Gasteiger partial charge in [-0.15, -0.1) is 0 Å². The maximum Gasteiger partial charge on any atom is 0.248 e. The third kappa shape index (κ3) is 4.10. The number of ether oxygens (including phenoxy) is 1. The van der Waals surface area contributed by atoms with Crippen LogP contribution in [-0.4, -0.2) is 61.1 Å². The van der Waals surface area contributed by atoms with Gasteiger partial charge < -0.3 is 14.5 Å². The van der Waals surface area contributed by atoms with Crippen LogP contribution in [0.5, 0.6) is 0 Å². The van der Waals surface area contributed by atoms with Gasteiger partial charge in [0.05, 0.1) is 6.10 Å². The molecule has 1 unspecified atom stereocenters. The van der Waals surface area contributed by atoms with E-state index in [4.69, 9.17) is 4.74 Å². The first-order valence-corrected chi connectivity index (χ1v) is 6.10. The zero-order valence-corrected chi connectivity index (χ0v) is 10.9. The Bertz CT molecular complexity index is 231. The summed E-state index contributed by atoms with van der Waals surface area (Å²) in [5.74, 6) is 0.122. The Kier molecular flexibility index (Phi) is 5.22. The van der Waals surface area contributed by atoms with E-state index in [9.17, 15) is 4.79 Å². The minimum Gasteiger partial charge on any atom is -0.369 e. The lowest BCUT2D eigenvalue weighted by Gasteiger charge is -2.28. The Morgan fingerprint density at radius 2 is 2.12 bits per heavy atom. The van der Waals surface area contributed by atoms with Crippen molar-refractivity contribution in [2.24, 2.45) is 0 Å². The fourth-order valence-electron chi connectivity index (χ4n) is 2.06. The van der Waals surface area contributed by atoms with Gasteiger partial charge in [-0.1, -0.05) is 0 Å². The van der Waals surface area contributed by atoms with Crippen LogP contribution < -0.4 is 0 Å². The number of hydrogen-bond acceptors (Lipinski definition) is 3. The highest BCUT2D eigenvalue weighted by Gasteiger charge is 2.23. The predicted octanol–water partition coefficient (Wildman–Crippen LogP) is 0.964. The van der Waals surface area contributed by atoms with Crippen LogP contribution in [0.4, 0.5) is 0 Å². The van der Waals surface area contributed by atoms with Crippen molar-refractivity contribution >= 4 is 5.91 Å². The van der Waals surface area contributed by atoms with Crippen LogP contribution in [0.2, 0.25) is 0 Å². The van der Waals surface area contributed by atoms with Crippen molar-refractivity contribution in [2.45, 2.75) is 39.3 Å². The van der Waals surface area contributed by atoms with E-state index in [0.717, 1.165) is 26.1 Å². The summed E-state index contributed by atoms with van der Waals surface area (Å²) in [7, 11) is 2.11. The first-order valence-electron chi connectivity index (χ1n) is 6.10. The van der Waals surface area contributed by atoms with Crippen LogP contribution in [0.15, 0.2) is 0 Å². The topological polar surface area (TPSA) is 32.8 Å². The highest BCUT2D eigenvalue weighted by Crippen LogP contribution is 2.09. The summed E-state index contributed by atoms with van der Waals surface area (Å²) >= 11 is 0. The smallest absolute Gasteiger partial charge is 0.248 e. The third-order valence-electron chi connectivity index (χ3n) is 2.91. The van der Waals surface area contributed by atoms with Crippen LogP contribution in [0.25, 0.3) is 0 Å². The van der Waals surface area contributed by atoms with Crippen molar-refractivity contribution < 1.29 is 9.53 Å². The Morgan fingerprint density at radius 3 is 2.75 bits per heavy atom. The van der Waals surface area contributed by atoms with Gasteiger partial charge in [-0.05, 0) is 40.8 Å². The molecule has 0 N–H and O–H groups in total. The lowest BCUT2D eigenvalue weighted by atomic mass is 10.2. The molecule has 4 heteroatoms. The largest absolute Gasteiger partial charge is 0.369 e. The summed E-state index contributed by atoms with van der Waals surface area (Å²) < 4.78 is 5.37. The number of likely N-dealkylation sites (N-methyl/N-ethyl adjacent to an activating group) is 1. The average molecular weight is 228 g/mol. The fraction of sp³-hybridized carbons (Fsp3) is 0.917. The van der Waals surface area contributed by atoms with E-state index in [-0.39, 0.29) is 24.7 Å². The molecule has 94 valence electrons. The van der Waals surface area contributed by atoms with Crippen LogP contribution in [-0.2, 0) is 9.53 Å². The summed E-state index contributed by atoms with van der Waals surface area (Å²) in [6.07, 6.45) is 1.17. The number of carbonyl (C=O) groups excluding carboxylic acids is 1. The van der Waals surface area contributed by atoms with Crippen molar-refractivity contribution in [3.63, 3.8) is 0 Å². The van der Waals surface area contributed by atoms with E-state index in [1.54, 1.807) is 0 Å². The Hall–Kier alpha value is -0.610. The molecule has 1 heterocycles. The molecule has 1 saturated heterocycles. The monoisotopic (exact) mass is 228 g/mol. The summed E-state index contributed by atoms with van der Waals surface area (Å²) in [4.78, 5) is 16.2. The van der Waals surface area contributed by atoms with Gasteiger partial charge in [-0.2, -0.15) is 0 Å². The Labute approximate surface area is 98.5 Å². The molecule has 0 bridgehead atoms. The maximum absolute atomic E-state index is 12.0. The predicted molar refractivity (Wildman–Crippen MR) is 64.4 cm³/mol. The Balaban J connectivity index is 2.47. The van der Waals surface area contributed by atoms with E-state index in [0.29, 0.717) is 0 Å². The number of amides is 1. The molecule has 0 aromatic heterocycles. The molecule has 1 aliphatic heterocycles. The molecule has 4 nitrogen and oxygen atoms in total. The van der Waals surface area contributed by atoms with Gasteiger partial charge in [0.2, 0.25) is 5.91 Å². The molecule has 16 heavy (non-hydrogen) atoms. The van der Waals surface area contributed by atoms with Crippen molar-refractivity contribution in [2.75, 3.05) is 33.3 Å².